The number of aliphatic hydroxyl groups is 3. The largest absolute Gasteiger partial charge is 0.497 e. The summed E-state index contributed by atoms with van der Waals surface area (Å²) in [6.45, 7) is 1.52. The van der Waals surface area contributed by atoms with Crippen LogP contribution in [0.25, 0.3) is 0 Å². The van der Waals surface area contributed by atoms with Crippen LogP contribution in [0.15, 0.2) is 18.2 Å². The van der Waals surface area contributed by atoms with E-state index in [0.29, 0.717) is 5.75 Å². The molecule has 0 saturated carbocycles. The molecule has 0 bridgehead atoms. The van der Waals surface area contributed by atoms with Gasteiger partial charge in [0.05, 0.1) is 19.8 Å². The Morgan fingerprint density at radius 1 is 1.14 bits per heavy atom. The van der Waals surface area contributed by atoms with Crippen molar-refractivity contribution in [1.29, 1.82) is 0 Å². The monoisotopic (exact) mass is 296 g/mol. The number of hydrogen-bond donors (Lipinski definition) is 3. The average Bonchev–Trinajstić information content (AvgIpc) is 2.51. The molecule has 0 unspecified atom stereocenters. The van der Waals surface area contributed by atoms with Crippen LogP contribution in [0.3, 0.4) is 0 Å². The second kappa shape index (κ2) is 5.55. The molecular formula is C15H20O6. The molecule has 0 aromatic heterocycles. The third-order valence-corrected chi connectivity index (χ3v) is 4.27. The zero-order valence-corrected chi connectivity index (χ0v) is 12.0. The van der Waals surface area contributed by atoms with Gasteiger partial charge >= 0.3 is 0 Å². The van der Waals surface area contributed by atoms with Crippen molar-refractivity contribution in [2.24, 2.45) is 0 Å². The Labute approximate surface area is 122 Å². The molecule has 1 fully saturated rings. The van der Waals surface area contributed by atoms with Gasteiger partial charge in [0.2, 0.25) is 0 Å². The van der Waals surface area contributed by atoms with Crippen molar-refractivity contribution < 1.29 is 29.5 Å². The molecule has 21 heavy (non-hydrogen) atoms. The summed E-state index contributed by atoms with van der Waals surface area (Å²) in [6.07, 6.45) is -4.54. The predicted octanol–water partition coefficient (Wildman–Crippen LogP) is 0.309. The summed E-state index contributed by atoms with van der Waals surface area (Å²) in [4.78, 5) is 0. The Morgan fingerprint density at radius 2 is 1.90 bits per heavy atom. The van der Waals surface area contributed by atoms with Crippen LogP contribution in [0.2, 0.25) is 0 Å². The van der Waals surface area contributed by atoms with Crippen LogP contribution < -0.4 is 4.74 Å². The van der Waals surface area contributed by atoms with Crippen LogP contribution in [0.1, 0.15) is 30.3 Å². The molecule has 1 saturated heterocycles. The van der Waals surface area contributed by atoms with E-state index in [1.54, 1.807) is 7.11 Å². The average molecular weight is 296 g/mol. The van der Waals surface area contributed by atoms with Crippen LogP contribution in [-0.4, -0.2) is 53.5 Å². The molecule has 2 aliphatic rings. The van der Waals surface area contributed by atoms with Gasteiger partial charge in [0, 0.05) is 0 Å². The first-order valence-electron chi connectivity index (χ1n) is 7.02. The van der Waals surface area contributed by atoms with Crippen LogP contribution >= 0.6 is 0 Å². The number of rotatable bonds is 2. The van der Waals surface area contributed by atoms with E-state index in [2.05, 4.69) is 0 Å². The number of benzene rings is 1. The molecule has 116 valence electrons. The number of hydrogen-bond acceptors (Lipinski definition) is 6. The Morgan fingerprint density at radius 3 is 2.57 bits per heavy atom. The summed E-state index contributed by atoms with van der Waals surface area (Å²) >= 11 is 0. The smallest absolute Gasteiger partial charge is 0.119 e. The fraction of sp³-hybridized carbons (Fsp3) is 0.600. The van der Waals surface area contributed by atoms with Gasteiger partial charge in [-0.1, -0.05) is 6.07 Å². The van der Waals surface area contributed by atoms with Crippen molar-refractivity contribution in [2.45, 2.75) is 43.5 Å². The minimum absolute atomic E-state index is 0.219. The lowest BCUT2D eigenvalue weighted by molar-refractivity contribution is -0.260. The zero-order valence-electron chi connectivity index (χ0n) is 12.0. The first-order valence-corrected chi connectivity index (χ1v) is 7.02. The van der Waals surface area contributed by atoms with Crippen LogP contribution in [0, 0.1) is 0 Å². The lowest BCUT2D eigenvalue weighted by atomic mass is 9.85. The van der Waals surface area contributed by atoms with E-state index >= 15 is 0 Å². The maximum absolute atomic E-state index is 10.2. The number of methoxy groups -OCH3 is 1. The van der Waals surface area contributed by atoms with E-state index in [9.17, 15) is 15.3 Å². The Balaban J connectivity index is 2.02. The minimum atomic E-state index is -1.17. The van der Waals surface area contributed by atoms with Crippen molar-refractivity contribution in [3.63, 3.8) is 0 Å². The highest BCUT2D eigenvalue weighted by atomic mass is 16.6. The van der Waals surface area contributed by atoms with E-state index in [0.717, 1.165) is 11.1 Å². The normalized spacial score (nSPS) is 38.5. The molecule has 1 aromatic carbocycles. The second-order valence-corrected chi connectivity index (χ2v) is 5.50. The third-order valence-electron chi connectivity index (χ3n) is 4.27. The molecule has 0 amide bonds. The molecule has 2 aliphatic heterocycles. The van der Waals surface area contributed by atoms with Gasteiger partial charge in [0.15, 0.2) is 0 Å². The molecule has 0 spiro atoms. The quantitative estimate of drug-likeness (QED) is 0.728. The summed E-state index contributed by atoms with van der Waals surface area (Å²) in [7, 11) is 1.58. The van der Waals surface area contributed by atoms with Crippen LogP contribution in [0.5, 0.6) is 5.75 Å². The Kier molecular flexibility index (Phi) is 3.90. The molecule has 3 N–H and O–H groups in total. The summed E-state index contributed by atoms with van der Waals surface area (Å²) in [5.74, 6) is 0.686. The number of aliphatic hydroxyl groups excluding tert-OH is 3. The molecule has 6 heteroatoms. The second-order valence-electron chi connectivity index (χ2n) is 5.50. The molecule has 6 atom stereocenters. The third kappa shape index (κ3) is 2.33. The van der Waals surface area contributed by atoms with Crippen molar-refractivity contribution in [3.8, 4) is 5.75 Å². The summed E-state index contributed by atoms with van der Waals surface area (Å²) in [5.41, 5.74) is 1.82. The molecule has 0 aliphatic carbocycles. The highest BCUT2D eigenvalue weighted by molar-refractivity contribution is 5.40. The van der Waals surface area contributed by atoms with Gasteiger partial charge in [-0.15, -0.1) is 0 Å². The lowest BCUT2D eigenvalue weighted by Crippen LogP contribution is -2.57. The Bertz CT molecular complexity index is 519. The number of ether oxygens (including phenoxy) is 3. The summed E-state index contributed by atoms with van der Waals surface area (Å²) in [6, 6.07) is 5.60. The highest BCUT2D eigenvalue weighted by Gasteiger charge is 2.49. The molecule has 3 rings (SSSR count). The predicted molar refractivity (Wildman–Crippen MR) is 73.0 cm³/mol. The van der Waals surface area contributed by atoms with E-state index < -0.39 is 30.5 Å². The summed E-state index contributed by atoms with van der Waals surface area (Å²) in [5, 5.41) is 29.5. The van der Waals surface area contributed by atoms with E-state index in [1.165, 1.54) is 0 Å². The number of fused-ring (bicyclic) bond motifs is 3. The van der Waals surface area contributed by atoms with Crippen molar-refractivity contribution in [2.75, 3.05) is 13.7 Å². The van der Waals surface area contributed by atoms with Gasteiger partial charge in [-0.05, 0) is 30.2 Å². The molecule has 1 aromatic rings. The Hall–Kier alpha value is -1.18. The first-order chi connectivity index (χ1) is 10.1. The molecule has 6 nitrogen and oxygen atoms in total. The highest BCUT2D eigenvalue weighted by Crippen LogP contribution is 2.44. The van der Waals surface area contributed by atoms with Crippen molar-refractivity contribution in [3.05, 3.63) is 29.3 Å². The zero-order chi connectivity index (χ0) is 15.1. The van der Waals surface area contributed by atoms with Gasteiger partial charge in [-0.25, -0.2) is 0 Å². The van der Waals surface area contributed by atoms with Crippen molar-refractivity contribution >= 4 is 0 Å². The molecular weight excluding hydrogens is 276 g/mol. The molecule has 0 radical (unpaired) electrons. The first kappa shape index (κ1) is 14.7. The van der Waals surface area contributed by atoms with E-state index in [-0.39, 0.29) is 12.7 Å². The fourth-order valence-corrected chi connectivity index (χ4v) is 3.10. The van der Waals surface area contributed by atoms with Gasteiger partial charge in [0.25, 0.3) is 0 Å². The SMILES string of the molecule is COc1ccc2c(c1)[C@H]1O[C@H](CO)[C@@H](O)[C@H](O)[C@H]1O[C@H]2C. The van der Waals surface area contributed by atoms with E-state index in [4.69, 9.17) is 14.2 Å². The minimum Gasteiger partial charge on any atom is -0.497 e. The summed E-state index contributed by atoms with van der Waals surface area (Å²) < 4.78 is 16.8. The maximum atomic E-state index is 10.2. The van der Waals surface area contributed by atoms with E-state index in [1.807, 2.05) is 25.1 Å². The topological polar surface area (TPSA) is 88.4 Å². The fourth-order valence-electron chi connectivity index (χ4n) is 3.10. The van der Waals surface area contributed by atoms with Gasteiger partial charge in [0.1, 0.15) is 36.3 Å². The standard InChI is InChI=1S/C15H20O6/c1-7-9-4-3-8(19-2)5-10(9)14-15(20-7)13(18)12(17)11(6-16)21-14/h3-5,7,11-18H,6H2,1-2H3/t7-,11+,12+,13-,14+,15+/m0/s1. The lowest BCUT2D eigenvalue weighted by Gasteiger charge is -2.46. The van der Waals surface area contributed by atoms with Gasteiger partial charge < -0.3 is 29.5 Å². The van der Waals surface area contributed by atoms with Gasteiger partial charge in [-0.3, -0.25) is 0 Å². The maximum Gasteiger partial charge on any atom is 0.119 e. The van der Waals surface area contributed by atoms with Gasteiger partial charge in [-0.2, -0.15) is 0 Å². The van der Waals surface area contributed by atoms with Crippen LogP contribution in [-0.2, 0) is 9.47 Å². The molecule has 2 heterocycles. The van der Waals surface area contributed by atoms with Crippen LogP contribution in [0.4, 0.5) is 0 Å². The van der Waals surface area contributed by atoms with Crippen molar-refractivity contribution in [1.82, 2.24) is 0 Å².